The summed E-state index contributed by atoms with van der Waals surface area (Å²) < 4.78 is 7.14. The number of aldehydes is 1. The van der Waals surface area contributed by atoms with E-state index in [-0.39, 0.29) is 6.04 Å². The molecule has 1 aromatic carbocycles. The summed E-state index contributed by atoms with van der Waals surface area (Å²) >= 11 is 0. The quantitative estimate of drug-likeness (QED) is 0.497. The molecular formula is C7H6O. The Labute approximate surface area is 49.4 Å². The third-order valence-corrected chi connectivity index (χ3v) is 0.860. The van der Waals surface area contributed by atoms with Crippen LogP contribution in [0.2, 0.25) is 0 Å². The highest BCUT2D eigenvalue weighted by Crippen LogP contribution is 1.91. The highest BCUT2D eigenvalue weighted by atomic mass is 16.1. The van der Waals surface area contributed by atoms with E-state index < -0.39 is 0 Å². The molecule has 1 heteroatoms. The Hall–Kier alpha value is -1.11. The van der Waals surface area contributed by atoms with Crippen molar-refractivity contribution < 1.29 is 6.17 Å². The van der Waals surface area contributed by atoms with Gasteiger partial charge in [-0.25, -0.2) is 0 Å². The first-order chi connectivity index (χ1) is 4.34. The van der Waals surface area contributed by atoms with Crippen LogP contribution in [0.4, 0.5) is 0 Å². The minimum atomic E-state index is 0.285. The molecule has 1 aromatic rings. The topological polar surface area (TPSA) is 17.1 Å². The third-order valence-electron chi connectivity index (χ3n) is 0.860. The maximum atomic E-state index is 10.1. The molecule has 0 atom stereocenters. The van der Waals surface area contributed by atoms with Crippen molar-refractivity contribution in [2.45, 2.75) is 0 Å². The summed E-state index contributed by atoms with van der Waals surface area (Å²) in [7, 11) is 0. The summed E-state index contributed by atoms with van der Waals surface area (Å²) in [5.74, 6) is 0. The van der Waals surface area contributed by atoms with Gasteiger partial charge >= 0.3 is 0 Å². The number of carbonyl (C=O) groups excluding carboxylic acids is 1. The predicted octanol–water partition coefficient (Wildman–Crippen LogP) is 1.50. The molecule has 0 aliphatic heterocycles. The normalized spacial score (nSPS) is 10.2. The number of hydrogen-bond donors (Lipinski definition) is 0. The van der Waals surface area contributed by atoms with E-state index in [1.54, 1.807) is 24.3 Å². The molecule has 0 radical (unpaired) electrons. The molecule has 0 amide bonds. The van der Waals surface area contributed by atoms with E-state index in [0.717, 1.165) is 0 Å². The fourth-order valence-electron chi connectivity index (χ4n) is 0.481. The van der Waals surface area contributed by atoms with Crippen LogP contribution in [0.25, 0.3) is 0 Å². The van der Waals surface area contributed by atoms with Gasteiger partial charge in [-0.1, -0.05) is 30.3 Å². The number of hydrogen-bond acceptors (Lipinski definition) is 1. The summed E-state index contributed by atoms with van der Waals surface area (Å²) in [6, 6.07) is 6.96. The van der Waals surface area contributed by atoms with Crippen LogP contribution in [0, 0.1) is 0 Å². The molecule has 8 heavy (non-hydrogen) atoms. The van der Waals surface area contributed by atoms with Gasteiger partial charge in [0.1, 0.15) is 6.29 Å². The largest absolute Gasteiger partial charge is 0.298 e. The molecule has 0 saturated carbocycles. The second-order valence-corrected chi connectivity index (χ2v) is 1.44. The molecule has 0 aliphatic carbocycles. The Morgan fingerprint density at radius 2 is 2.38 bits per heavy atom. The van der Waals surface area contributed by atoms with E-state index >= 15 is 0 Å². The summed E-state index contributed by atoms with van der Waals surface area (Å²) in [6.07, 6.45) is 0.683. The van der Waals surface area contributed by atoms with E-state index in [1.807, 2.05) is 0 Å². The van der Waals surface area contributed by atoms with Crippen LogP contribution >= 0.6 is 0 Å². The van der Waals surface area contributed by atoms with Crippen molar-refractivity contribution in [3.63, 3.8) is 0 Å². The molecule has 0 saturated heterocycles. The standard InChI is InChI=1S/C7H6O/c8-6-7-4-2-1-3-5-7/h1-6H/i4D. The van der Waals surface area contributed by atoms with E-state index in [0.29, 0.717) is 11.8 Å². The fourth-order valence-corrected chi connectivity index (χ4v) is 0.481. The van der Waals surface area contributed by atoms with Crippen LogP contribution in [-0.2, 0) is 0 Å². The lowest BCUT2D eigenvalue weighted by molar-refractivity contribution is 0.112. The van der Waals surface area contributed by atoms with Crippen molar-refractivity contribution in [2.24, 2.45) is 0 Å². The Morgan fingerprint density at radius 1 is 1.50 bits per heavy atom. The average molecular weight is 107 g/mol. The van der Waals surface area contributed by atoms with Crippen LogP contribution in [0.1, 0.15) is 11.7 Å². The zero-order chi connectivity index (χ0) is 6.69. The van der Waals surface area contributed by atoms with Crippen molar-refractivity contribution >= 4 is 6.29 Å². The zero-order valence-corrected chi connectivity index (χ0v) is 4.29. The number of benzene rings is 1. The molecule has 0 bridgehead atoms. The minimum Gasteiger partial charge on any atom is -0.298 e. The van der Waals surface area contributed by atoms with Gasteiger partial charge in [0.15, 0.2) is 0 Å². The molecule has 0 heterocycles. The number of carbonyl (C=O) groups is 1. The average Bonchev–Trinajstić information content (AvgIpc) is 1.89. The summed E-state index contributed by atoms with van der Waals surface area (Å²) in [5.41, 5.74) is 0.442. The predicted molar refractivity (Wildman–Crippen MR) is 31.8 cm³/mol. The van der Waals surface area contributed by atoms with Gasteiger partial charge in [-0.15, -0.1) is 0 Å². The van der Waals surface area contributed by atoms with Crippen molar-refractivity contribution in [1.82, 2.24) is 0 Å². The number of rotatable bonds is 1. The molecule has 1 nitrogen and oxygen atoms in total. The van der Waals surface area contributed by atoms with Crippen molar-refractivity contribution in [3.05, 3.63) is 35.9 Å². The lowest BCUT2D eigenvalue weighted by atomic mass is 10.2. The molecule has 0 aromatic heterocycles. The van der Waals surface area contributed by atoms with E-state index in [1.165, 1.54) is 0 Å². The Morgan fingerprint density at radius 3 is 2.88 bits per heavy atom. The highest BCUT2D eigenvalue weighted by Gasteiger charge is 1.79. The van der Waals surface area contributed by atoms with Crippen molar-refractivity contribution in [3.8, 4) is 0 Å². The first-order valence-corrected chi connectivity index (χ1v) is 2.35. The first kappa shape index (κ1) is 3.84. The first-order valence-electron chi connectivity index (χ1n) is 2.85. The van der Waals surface area contributed by atoms with Gasteiger partial charge in [0.05, 0.1) is 1.37 Å². The minimum absolute atomic E-state index is 0.285. The Kier molecular flexibility index (Phi) is 1.09. The maximum Gasteiger partial charge on any atom is 0.150 e. The molecule has 1 rings (SSSR count). The molecule has 0 spiro atoms. The third kappa shape index (κ3) is 0.936. The van der Waals surface area contributed by atoms with Gasteiger partial charge in [0.25, 0.3) is 0 Å². The molecule has 0 fully saturated rings. The van der Waals surface area contributed by atoms with Gasteiger partial charge in [-0.3, -0.25) is 4.79 Å². The second kappa shape index (κ2) is 2.26. The monoisotopic (exact) mass is 107 g/mol. The molecule has 40 valence electrons. The lowest BCUT2D eigenvalue weighted by Crippen LogP contribution is -1.73. The molecule has 0 aliphatic rings. The van der Waals surface area contributed by atoms with Crippen molar-refractivity contribution in [2.75, 3.05) is 0 Å². The van der Waals surface area contributed by atoms with Gasteiger partial charge in [-0.2, -0.15) is 0 Å². The molecular weight excluding hydrogens is 100 g/mol. The fraction of sp³-hybridized carbons (Fsp3) is 0. The lowest BCUT2D eigenvalue weighted by Gasteiger charge is -1.81. The zero-order valence-electron chi connectivity index (χ0n) is 5.29. The van der Waals surface area contributed by atoms with E-state index in [4.69, 9.17) is 1.37 Å². The van der Waals surface area contributed by atoms with Crippen LogP contribution in [-0.4, -0.2) is 6.29 Å². The van der Waals surface area contributed by atoms with Gasteiger partial charge in [0.2, 0.25) is 0 Å². The summed E-state index contributed by atoms with van der Waals surface area (Å²) in [4.78, 5) is 10.1. The highest BCUT2D eigenvalue weighted by molar-refractivity contribution is 5.74. The van der Waals surface area contributed by atoms with Gasteiger partial charge in [-0.05, 0) is 0 Å². The van der Waals surface area contributed by atoms with E-state index in [2.05, 4.69) is 0 Å². The van der Waals surface area contributed by atoms with Crippen LogP contribution < -0.4 is 0 Å². The summed E-state index contributed by atoms with van der Waals surface area (Å²) in [5, 5.41) is 0. The van der Waals surface area contributed by atoms with Crippen molar-refractivity contribution in [1.29, 1.82) is 0 Å². The Balaban J connectivity index is 3.15. The summed E-state index contributed by atoms with van der Waals surface area (Å²) in [6.45, 7) is 0. The second-order valence-electron chi connectivity index (χ2n) is 1.44. The SMILES string of the molecule is [2H]c1ccccc1C=O. The van der Waals surface area contributed by atoms with Crippen LogP contribution in [0.3, 0.4) is 0 Å². The van der Waals surface area contributed by atoms with Gasteiger partial charge < -0.3 is 0 Å². The Bertz CT molecular complexity index is 220. The van der Waals surface area contributed by atoms with Crippen LogP contribution in [0.5, 0.6) is 0 Å². The smallest absolute Gasteiger partial charge is 0.150 e. The van der Waals surface area contributed by atoms with Gasteiger partial charge in [0, 0.05) is 5.56 Å². The van der Waals surface area contributed by atoms with Crippen LogP contribution in [0.15, 0.2) is 30.3 Å². The molecule has 0 unspecified atom stereocenters. The molecule has 0 N–H and O–H groups in total. The maximum absolute atomic E-state index is 10.1. The van der Waals surface area contributed by atoms with E-state index in [9.17, 15) is 4.79 Å².